The Morgan fingerprint density at radius 2 is 2.06 bits per heavy atom. The smallest absolute Gasteiger partial charge is 0.0708 e. The molecule has 0 aromatic rings. The van der Waals surface area contributed by atoms with Crippen molar-refractivity contribution in [2.24, 2.45) is 5.92 Å². The van der Waals surface area contributed by atoms with Crippen LogP contribution in [-0.4, -0.2) is 38.5 Å². The summed E-state index contributed by atoms with van der Waals surface area (Å²) in [5.74, 6) is 0.583. The van der Waals surface area contributed by atoms with Crippen LogP contribution in [0.4, 0.5) is 0 Å². The van der Waals surface area contributed by atoms with E-state index in [1.165, 1.54) is 44.9 Å². The van der Waals surface area contributed by atoms with Gasteiger partial charge >= 0.3 is 0 Å². The molecule has 0 aromatic heterocycles. The molecular weight excluding hydrogens is 226 g/mol. The van der Waals surface area contributed by atoms with Crippen molar-refractivity contribution in [3.8, 4) is 0 Å². The lowest BCUT2D eigenvalue weighted by atomic mass is 9.83. The van der Waals surface area contributed by atoms with Gasteiger partial charge in [0.15, 0.2) is 0 Å². The van der Waals surface area contributed by atoms with Gasteiger partial charge in [-0.15, -0.1) is 0 Å². The quantitative estimate of drug-likeness (QED) is 0.791. The van der Waals surface area contributed by atoms with Gasteiger partial charge in [0.2, 0.25) is 0 Å². The minimum atomic E-state index is 0.267. The fraction of sp³-hybridized carbons (Fsp3) is 1.00. The predicted molar refractivity (Wildman–Crippen MR) is 73.8 cm³/mol. The lowest BCUT2D eigenvalue weighted by molar-refractivity contribution is -0.0625. The van der Waals surface area contributed by atoms with Crippen molar-refractivity contribution >= 4 is 0 Å². The highest BCUT2D eigenvalue weighted by molar-refractivity contribution is 4.91. The van der Waals surface area contributed by atoms with E-state index in [-0.39, 0.29) is 5.60 Å². The Bertz CT molecular complexity index is 239. The molecule has 2 unspecified atom stereocenters. The number of hydrogen-bond donors (Lipinski definition) is 1. The van der Waals surface area contributed by atoms with Gasteiger partial charge in [0.25, 0.3) is 0 Å². The highest BCUT2D eigenvalue weighted by atomic mass is 16.5. The summed E-state index contributed by atoms with van der Waals surface area (Å²) in [6.45, 7) is 5.09. The van der Waals surface area contributed by atoms with Crippen molar-refractivity contribution in [3.63, 3.8) is 0 Å². The molecule has 1 heterocycles. The predicted octanol–water partition coefficient (Wildman–Crippen LogP) is 2.74. The standard InChI is InChI=1S/C15H29NO2/c1-13(12-17-2)10-16-11-14-6-9-15(18-14)7-4-3-5-8-15/h13-14,16H,3-12H2,1-2H3. The van der Waals surface area contributed by atoms with Crippen LogP contribution in [0.2, 0.25) is 0 Å². The Labute approximate surface area is 112 Å². The van der Waals surface area contributed by atoms with Crippen LogP contribution in [0, 0.1) is 5.92 Å². The summed E-state index contributed by atoms with van der Waals surface area (Å²) in [7, 11) is 1.77. The molecule has 106 valence electrons. The zero-order valence-electron chi connectivity index (χ0n) is 12.0. The van der Waals surface area contributed by atoms with Crippen LogP contribution in [-0.2, 0) is 9.47 Å². The summed E-state index contributed by atoms with van der Waals surface area (Å²) >= 11 is 0. The van der Waals surface area contributed by atoms with Gasteiger partial charge in [-0.25, -0.2) is 0 Å². The zero-order valence-corrected chi connectivity index (χ0v) is 12.0. The molecule has 2 atom stereocenters. The Morgan fingerprint density at radius 1 is 1.28 bits per heavy atom. The minimum Gasteiger partial charge on any atom is -0.384 e. The van der Waals surface area contributed by atoms with Gasteiger partial charge < -0.3 is 14.8 Å². The summed E-state index contributed by atoms with van der Waals surface area (Å²) in [4.78, 5) is 0. The van der Waals surface area contributed by atoms with Crippen molar-refractivity contribution < 1.29 is 9.47 Å². The van der Waals surface area contributed by atoms with Crippen LogP contribution >= 0.6 is 0 Å². The maximum Gasteiger partial charge on any atom is 0.0708 e. The Kier molecular flexibility index (Phi) is 5.46. The maximum absolute atomic E-state index is 6.34. The molecule has 0 radical (unpaired) electrons. The molecule has 0 aromatic carbocycles. The molecule has 0 bridgehead atoms. The van der Waals surface area contributed by atoms with E-state index in [4.69, 9.17) is 9.47 Å². The molecule has 18 heavy (non-hydrogen) atoms. The summed E-state index contributed by atoms with van der Waals surface area (Å²) in [6.07, 6.45) is 9.70. The lowest BCUT2D eigenvalue weighted by Crippen LogP contribution is -2.36. The molecule has 2 fully saturated rings. The largest absolute Gasteiger partial charge is 0.384 e. The van der Waals surface area contributed by atoms with Gasteiger partial charge in [-0.05, 0) is 38.1 Å². The second kappa shape index (κ2) is 6.88. The third-order valence-corrected chi connectivity index (χ3v) is 4.42. The SMILES string of the molecule is COCC(C)CNCC1CCC2(CCCCC2)O1. The maximum atomic E-state index is 6.34. The number of methoxy groups -OCH3 is 1. The molecule has 1 aliphatic carbocycles. The number of rotatable bonds is 6. The number of ether oxygens (including phenoxy) is 2. The topological polar surface area (TPSA) is 30.5 Å². The van der Waals surface area contributed by atoms with Crippen molar-refractivity contribution in [2.75, 3.05) is 26.8 Å². The lowest BCUT2D eigenvalue weighted by Gasteiger charge is -2.33. The second-order valence-corrected chi connectivity index (χ2v) is 6.24. The summed E-state index contributed by atoms with van der Waals surface area (Å²) in [5, 5.41) is 3.53. The molecule has 1 N–H and O–H groups in total. The number of hydrogen-bond acceptors (Lipinski definition) is 3. The molecule has 1 spiro atoms. The highest BCUT2D eigenvalue weighted by Crippen LogP contribution is 2.41. The molecule has 0 amide bonds. The molecule has 2 aliphatic rings. The third kappa shape index (κ3) is 3.94. The van der Waals surface area contributed by atoms with E-state index in [9.17, 15) is 0 Å². The summed E-state index contributed by atoms with van der Waals surface area (Å²) in [5.41, 5.74) is 0.267. The van der Waals surface area contributed by atoms with E-state index in [1.807, 2.05) is 0 Å². The fourth-order valence-electron chi connectivity index (χ4n) is 3.44. The molecule has 1 saturated heterocycles. The van der Waals surface area contributed by atoms with Crippen LogP contribution < -0.4 is 5.32 Å². The Morgan fingerprint density at radius 3 is 2.78 bits per heavy atom. The van der Waals surface area contributed by atoms with Gasteiger partial charge in [-0.1, -0.05) is 26.2 Å². The first-order valence-electron chi connectivity index (χ1n) is 7.61. The van der Waals surface area contributed by atoms with Crippen molar-refractivity contribution in [3.05, 3.63) is 0 Å². The van der Waals surface area contributed by atoms with Crippen LogP contribution in [0.5, 0.6) is 0 Å². The normalized spacial score (nSPS) is 28.7. The second-order valence-electron chi connectivity index (χ2n) is 6.24. The van der Waals surface area contributed by atoms with Gasteiger partial charge in [0.1, 0.15) is 0 Å². The molecule has 2 rings (SSSR count). The average Bonchev–Trinajstić information content (AvgIpc) is 2.74. The first-order chi connectivity index (χ1) is 8.74. The van der Waals surface area contributed by atoms with Gasteiger partial charge in [-0.2, -0.15) is 0 Å². The van der Waals surface area contributed by atoms with Crippen LogP contribution in [0.25, 0.3) is 0 Å². The zero-order chi connectivity index (χ0) is 12.8. The molecule has 1 saturated carbocycles. The summed E-state index contributed by atoms with van der Waals surface area (Å²) < 4.78 is 11.5. The first-order valence-corrected chi connectivity index (χ1v) is 7.61. The first kappa shape index (κ1) is 14.3. The molecule has 3 nitrogen and oxygen atoms in total. The van der Waals surface area contributed by atoms with Gasteiger partial charge in [-0.3, -0.25) is 0 Å². The fourth-order valence-corrected chi connectivity index (χ4v) is 3.44. The monoisotopic (exact) mass is 255 g/mol. The highest BCUT2D eigenvalue weighted by Gasteiger charge is 2.40. The van der Waals surface area contributed by atoms with Crippen LogP contribution in [0.1, 0.15) is 51.9 Å². The Hall–Kier alpha value is -0.120. The van der Waals surface area contributed by atoms with Gasteiger partial charge in [0, 0.05) is 20.3 Å². The minimum absolute atomic E-state index is 0.267. The van der Waals surface area contributed by atoms with Crippen molar-refractivity contribution in [1.82, 2.24) is 5.32 Å². The van der Waals surface area contributed by atoms with E-state index < -0.39 is 0 Å². The van der Waals surface area contributed by atoms with E-state index in [1.54, 1.807) is 7.11 Å². The third-order valence-electron chi connectivity index (χ3n) is 4.42. The van der Waals surface area contributed by atoms with E-state index in [2.05, 4.69) is 12.2 Å². The van der Waals surface area contributed by atoms with Crippen molar-refractivity contribution in [2.45, 2.75) is 63.6 Å². The van der Waals surface area contributed by atoms with Gasteiger partial charge in [0.05, 0.1) is 11.7 Å². The van der Waals surface area contributed by atoms with E-state index in [0.29, 0.717) is 12.0 Å². The number of nitrogens with one attached hydrogen (secondary N) is 1. The van der Waals surface area contributed by atoms with E-state index in [0.717, 1.165) is 19.7 Å². The van der Waals surface area contributed by atoms with Crippen LogP contribution in [0.3, 0.4) is 0 Å². The summed E-state index contributed by atoms with van der Waals surface area (Å²) in [6, 6.07) is 0. The van der Waals surface area contributed by atoms with E-state index >= 15 is 0 Å². The molecule has 3 heteroatoms. The molecular formula is C15H29NO2. The Balaban J connectivity index is 1.63. The molecule has 1 aliphatic heterocycles. The average molecular weight is 255 g/mol. The van der Waals surface area contributed by atoms with Crippen LogP contribution in [0.15, 0.2) is 0 Å². The van der Waals surface area contributed by atoms with Crippen molar-refractivity contribution in [1.29, 1.82) is 0 Å².